The van der Waals surface area contributed by atoms with Gasteiger partial charge in [0, 0.05) is 43.1 Å². The molecular formula is C20H26N2O4. The Morgan fingerprint density at radius 3 is 2.54 bits per heavy atom. The van der Waals surface area contributed by atoms with Crippen LogP contribution in [0.1, 0.15) is 36.0 Å². The molecule has 6 nitrogen and oxygen atoms in total. The van der Waals surface area contributed by atoms with E-state index in [9.17, 15) is 9.59 Å². The van der Waals surface area contributed by atoms with Gasteiger partial charge in [-0.05, 0) is 49.9 Å². The SMILES string of the molecule is COc1ccc(C(=O)N2CCC(C(=O)N[C@@H]3C[C@H]4OCC[C@@H]34)CC2)cc1. The van der Waals surface area contributed by atoms with Gasteiger partial charge in [0.2, 0.25) is 5.91 Å². The third-order valence-electron chi connectivity index (χ3n) is 6.08. The monoisotopic (exact) mass is 358 g/mol. The van der Waals surface area contributed by atoms with E-state index in [4.69, 9.17) is 9.47 Å². The number of fused-ring (bicyclic) bond motifs is 1. The molecule has 0 radical (unpaired) electrons. The van der Waals surface area contributed by atoms with E-state index < -0.39 is 0 Å². The van der Waals surface area contributed by atoms with Gasteiger partial charge in [-0.1, -0.05) is 0 Å². The summed E-state index contributed by atoms with van der Waals surface area (Å²) in [7, 11) is 1.61. The number of carbonyl (C=O) groups is 2. The second-order valence-corrected chi connectivity index (χ2v) is 7.51. The smallest absolute Gasteiger partial charge is 0.253 e. The quantitative estimate of drug-likeness (QED) is 0.892. The van der Waals surface area contributed by atoms with Gasteiger partial charge in [-0.15, -0.1) is 0 Å². The van der Waals surface area contributed by atoms with E-state index in [-0.39, 0.29) is 23.8 Å². The number of amides is 2. The molecule has 0 aromatic heterocycles. The van der Waals surface area contributed by atoms with Crippen LogP contribution in [-0.2, 0) is 9.53 Å². The van der Waals surface area contributed by atoms with E-state index in [1.807, 2.05) is 4.90 Å². The first-order valence-corrected chi connectivity index (χ1v) is 9.51. The maximum atomic E-state index is 12.6. The molecule has 2 saturated heterocycles. The molecule has 4 rings (SSSR count). The van der Waals surface area contributed by atoms with Crippen molar-refractivity contribution >= 4 is 11.8 Å². The van der Waals surface area contributed by atoms with Crippen LogP contribution in [0, 0.1) is 11.8 Å². The molecule has 2 amide bonds. The second-order valence-electron chi connectivity index (χ2n) is 7.51. The number of methoxy groups -OCH3 is 1. The van der Waals surface area contributed by atoms with Crippen molar-refractivity contribution in [3.63, 3.8) is 0 Å². The van der Waals surface area contributed by atoms with Crippen LogP contribution >= 0.6 is 0 Å². The molecule has 0 unspecified atom stereocenters. The Hall–Kier alpha value is -2.08. The highest BCUT2D eigenvalue weighted by Gasteiger charge is 2.46. The van der Waals surface area contributed by atoms with Crippen LogP contribution in [0.4, 0.5) is 0 Å². The molecule has 1 aromatic rings. The Kier molecular flexibility index (Phi) is 4.85. The summed E-state index contributed by atoms with van der Waals surface area (Å²) in [6.07, 6.45) is 3.83. The zero-order valence-corrected chi connectivity index (χ0v) is 15.1. The normalized spacial score (nSPS) is 28.2. The van der Waals surface area contributed by atoms with E-state index >= 15 is 0 Å². The van der Waals surface area contributed by atoms with Crippen LogP contribution in [-0.4, -0.2) is 55.7 Å². The van der Waals surface area contributed by atoms with Crippen molar-refractivity contribution in [2.75, 3.05) is 26.8 Å². The average Bonchev–Trinajstić information content (AvgIpc) is 3.06. The highest BCUT2D eigenvalue weighted by atomic mass is 16.5. The van der Waals surface area contributed by atoms with Crippen LogP contribution in [0.25, 0.3) is 0 Å². The topological polar surface area (TPSA) is 67.9 Å². The summed E-state index contributed by atoms with van der Waals surface area (Å²) in [5, 5.41) is 3.21. The lowest BCUT2D eigenvalue weighted by atomic mass is 9.76. The maximum absolute atomic E-state index is 12.6. The molecule has 0 bridgehead atoms. The fourth-order valence-electron chi connectivity index (χ4n) is 4.32. The van der Waals surface area contributed by atoms with Crippen molar-refractivity contribution in [1.82, 2.24) is 10.2 Å². The average molecular weight is 358 g/mol. The van der Waals surface area contributed by atoms with Gasteiger partial charge in [0.05, 0.1) is 13.2 Å². The minimum atomic E-state index is 0.0105. The van der Waals surface area contributed by atoms with Gasteiger partial charge in [0.25, 0.3) is 5.91 Å². The van der Waals surface area contributed by atoms with Crippen molar-refractivity contribution in [2.24, 2.45) is 11.8 Å². The largest absolute Gasteiger partial charge is 0.497 e. The molecule has 1 aliphatic carbocycles. The lowest BCUT2D eigenvalue weighted by molar-refractivity contribution is -0.129. The van der Waals surface area contributed by atoms with Gasteiger partial charge in [-0.2, -0.15) is 0 Å². The Balaban J connectivity index is 1.26. The van der Waals surface area contributed by atoms with Gasteiger partial charge < -0.3 is 19.7 Å². The van der Waals surface area contributed by atoms with Crippen molar-refractivity contribution in [1.29, 1.82) is 0 Å². The van der Waals surface area contributed by atoms with Gasteiger partial charge in [0.1, 0.15) is 5.75 Å². The predicted octanol–water partition coefficient (Wildman–Crippen LogP) is 1.84. The molecule has 1 N–H and O–H groups in total. The number of carbonyl (C=O) groups excluding carboxylic acids is 2. The fraction of sp³-hybridized carbons (Fsp3) is 0.600. The molecule has 6 heteroatoms. The van der Waals surface area contributed by atoms with E-state index in [1.54, 1.807) is 31.4 Å². The summed E-state index contributed by atoms with van der Waals surface area (Å²) >= 11 is 0. The van der Waals surface area contributed by atoms with E-state index in [0.29, 0.717) is 30.7 Å². The highest BCUT2D eigenvalue weighted by molar-refractivity contribution is 5.94. The van der Waals surface area contributed by atoms with Crippen molar-refractivity contribution in [3.05, 3.63) is 29.8 Å². The Bertz CT molecular complexity index is 667. The third kappa shape index (κ3) is 3.30. The molecule has 140 valence electrons. The number of hydrogen-bond donors (Lipinski definition) is 1. The minimum absolute atomic E-state index is 0.0105. The van der Waals surface area contributed by atoms with Crippen LogP contribution in [0.5, 0.6) is 5.75 Å². The molecule has 1 aromatic carbocycles. The third-order valence-corrected chi connectivity index (χ3v) is 6.08. The number of ether oxygens (including phenoxy) is 2. The van der Waals surface area contributed by atoms with Crippen molar-refractivity contribution in [3.8, 4) is 5.75 Å². The number of nitrogens with zero attached hydrogens (tertiary/aromatic N) is 1. The molecule has 0 spiro atoms. The summed E-state index contributed by atoms with van der Waals surface area (Å²) in [6, 6.07) is 7.46. The molecule has 3 atom stereocenters. The van der Waals surface area contributed by atoms with Gasteiger partial charge >= 0.3 is 0 Å². The molecule has 2 heterocycles. The van der Waals surface area contributed by atoms with E-state index in [0.717, 1.165) is 38.0 Å². The maximum Gasteiger partial charge on any atom is 0.253 e. The van der Waals surface area contributed by atoms with Gasteiger partial charge in [-0.25, -0.2) is 0 Å². The molecule has 2 aliphatic heterocycles. The number of likely N-dealkylation sites (tertiary alicyclic amines) is 1. The summed E-state index contributed by atoms with van der Waals surface area (Å²) < 4.78 is 10.7. The Morgan fingerprint density at radius 1 is 1.15 bits per heavy atom. The number of nitrogens with one attached hydrogen (secondary N) is 1. The second kappa shape index (κ2) is 7.27. The van der Waals surface area contributed by atoms with Gasteiger partial charge in [-0.3, -0.25) is 9.59 Å². The van der Waals surface area contributed by atoms with Gasteiger partial charge in [0.15, 0.2) is 0 Å². The molecule has 3 fully saturated rings. The van der Waals surface area contributed by atoms with E-state index in [2.05, 4.69) is 5.32 Å². The summed E-state index contributed by atoms with van der Waals surface area (Å²) in [4.78, 5) is 27.0. The number of rotatable bonds is 4. The van der Waals surface area contributed by atoms with Crippen LogP contribution in [0.3, 0.4) is 0 Å². The first-order valence-electron chi connectivity index (χ1n) is 9.51. The standard InChI is InChI=1S/C20H26N2O4/c1-25-15-4-2-14(3-5-15)20(24)22-9-6-13(7-10-22)19(23)21-17-12-18-16(17)8-11-26-18/h2-5,13,16-18H,6-12H2,1H3,(H,21,23)/t16-,17+,18+/m0/s1. The van der Waals surface area contributed by atoms with Crippen molar-refractivity contribution < 1.29 is 19.1 Å². The predicted molar refractivity (Wildman–Crippen MR) is 96.0 cm³/mol. The molecule has 3 aliphatic rings. The molecule has 1 saturated carbocycles. The lowest BCUT2D eigenvalue weighted by Gasteiger charge is -2.40. The summed E-state index contributed by atoms with van der Waals surface area (Å²) in [5.74, 6) is 1.43. The Labute approximate surface area is 153 Å². The summed E-state index contributed by atoms with van der Waals surface area (Å²) in [6.45, 7) is 2.08. The zero-order chi connectivity index (χ0) is 18.1. The fourth-order valence-corrected chi connectivity index (χ4v) is 4.32. The number of piperidine rings is 1. The number of benzene rings is 1. The van der Waals surface area contributed by atoms with Crippen LogP contribution in [0.2, 0.25) is 0 Å². The van der Waals surface area contributed by atoms with E-state index in [1.165, 1.54) is 0 Å². The summed E-state index contributed by atoms with van der Waals surface area (Å²) in [5.41, 5.74) is 0.662. The molecular weight excluding hydrogens is 332 g/mol. The zero-order valence-electron chi connectivity index (χ0n) is 15.1. The highest BCUT2D eigenvalue weighted by Crippen LogP contribution is 2.38. The molecule has 26 heavy (non-hydrogen) atoms. The number of hydrogen-bond acceptors (Lipinski definition) is 4. The first kappa shape index (κ1) is 17.3. The van der Waals surface area contributed by atoms with Crippen molar-refractivity contribution in [2.45, 2.75) is 37.8 Å². The lowest BCUT2D eigenvalue weighted by Crippen LogP contribution is -2.55. The van der Waals surface area contributed by atoms with Crippen LogP contribution < -0.4 is 10.1 Å². The van der Waals surface area contributed by atoms with Crippen LogP contribution in [0.15, 0.2) is 24.3 Å². The first-order chi connectivity index (χ1) is 12.7. The minimum Gasteiger partial charge on any atom is -0.497 e. The Morgan fingerprint density at radius 2 is 1.88 bits per heavy atom.